The lowest BCUT2D eigenvalue weighted by atomic mass is 10.0. The predicted molar refractivity (Wildman–Crippen MR) is 93.7 cm³/mol. The van der Waals surface area contributed by atoms with Gasteiger partial charge < -0.3 is 14.0 Å². The summed E-state index contributed by atoms with van der Waals surface area (Å²) in [4.78, 5) is 20.6. The topological polar surface area (TPSA) is 90.6 Å². The van der Waals surface area contributed by atoms with Crippen molar-refractivity contribution in [3.8, 4) is 11.5 Å². The van der Waals surface area contributed by atoms with Gasteiger partial charge in [-0.05, 0) is 12.1 Å². The molecule has 1 N–H and O–H groups in total. The molecule has 8 nitrogen and oxygen atoms in total. The van der Waals surface area contributed by atoms with Crippen molar-refractivity contribution >= 4 is 28.6 Å². The summed E-state index contributed by atoms with van der Waals surface area (Å²) in [6, 6.07) is 3.86. The Kier molecular flexibility index (Phi) is 3.05. The molecular weight excluding hydrogens is 334 g/mol. The van der Waals surface area contributed by atoms with E-state index in [2.05, 4.69) is 20.5 Å². The van der Waals surface area contributed by atoms with E-state index in [0.29, 0.717) is 22.7 Å². The van der Waals surface area contributed by atoms with Gasteiger partial charge in [-0.2, -0.15) is 5.10 Å². The summed E-state index contributed by atoms with van der Waals surface area (Å²) in [5.74, 6) is 1.14. The van der Waals surface area contributed by atoms with Crippen LogP contribution in [0.4, 0.5) is 0 Å². The largest absolute Gasteiger partial charge is 0.454 e. The van der Waals surface area contributed by atoms with Crippen LogP contribution in [0, 0.1) is 0 Å². The standard InChI is InChI=1S/C18H13N5O3/c1-23-8-10(11-5-15-16(6-14(11)23)26-9-25-15)4-12-17(21-22-18(12)24)13-7-19-2-3-20-13/h2-8H,9H2,1H3,(H,22,24)/b12-4-. The van der Waals surface area contributed by atoms with Crippen LogP contribution in [0.3, 0.4) is 0 Å². The summed E-state index contributed by atoms with van der Waals surface area (Å²) >= 11 is 0. The first-order valence-electron chi connectivity index (χ1n) is 7.96. The summed E-state index contributed by atoms with van der Waals surface area (Å²) in [7, 11) is 1.94. The number of aromatic nitrogens is 3. The minimum absolute atomic E-state index is 0.216. The molecule has 26 heavy (non-hydrogen) atoms. The first kappa shape index (κ1) is 14.6. The van der Waals surface area contributed by atoms with Crippen LogP contribution in [-0.2, 0) is 11.8 Å². The molecule has 0 saturated heterocycles. The lowest BCUT2D eigenvalue weighted by molar-refractivity contribution is -0.116. The smallest absolute Gasteiger partial charge is 0.273 e. The number of hydrogen-bond donors (Lipinski definition) is 1. The monoisotopic (exact) mass is 347 g/mol. The molecule has 0 radical (unpaired) electrons. The maximum atomic E-state index is 12.3. The Morgan fingerprint density at radius 3 is 2.88 bits per heavy atom. The molecule has 0 unspecified atom stereocenters. The van der Waals surface area contributed by atoms with E-state index in [-0.39, 0.29) is 12.7 Å². The molecule has 1 amide bonds. The quantitative estimate of drug-likeness (QED) is 0.711. The first-order valence-corrected chi connectivity index (χ1v) is 7.96. The Morgan fingerprint density at radius 2 is 2.08 bits per heavy atom. The summed E-state index contributed by atoms with van der Waals surface area (Å²) in [5.41, 5.74) is 5.81. The van der Waals surface area contributed by atoms with Crippen LogP contribution >= 0.6 is 0 Å². The molecule has 0 spiro atoms. The zero-order valence-corrected chi connectivity index (χ0v) is 13.8. The molecular formula is C18H13N5O3. The maximum Gasteiger partial charge on any atom is 0.273 e. The maximum absolute atomic E-state index is 12.3. The molecule has 5 rings (SSSR count). The normalized spacial score (nSPS) is 17.0. The fourth-order valence-electron chi connectivity index (χ4n) is 3.16. The molecule has 4 heterocycles. The predicted octanol–water partition coefficient (Wildman–Crippen LogP) is 1.61. The van der Waals surface area contributed by atoms with Crippen molar-refractivity contribution < 1.29 is 14.3 Å². The van der Waals surface area contributed by atoms with Gasteiger partial charge in [-0.25, -0.2) is 5.43 Å². The van der Waals surface area contributed by atoms with Crippen molar-refractivity contribution in [2.75, 3.05) is 6.79 Å². The molecule has 3 aromatic rings. The molecule has 1 aromatic carbocycles. The van der Waals surface area contributed by atoms with Gasteiger partial charge in [0, 0.05) is 42.7 Å². The van der Waals surface area contributed by atoms with Crippen LogP contribution in [0.5, 0.6) is 11.5 Å². The third-order valence-corrected chi connectivity index (χ3v) is 4.39. The summed E-state index contributed by atoms with van der Waals surface area (Å²) in [6.07, 6.45) is 8.48. The van der Waals surface area contributed by atoms with Crippen molar-refractivity contribution in [3.05, 3.63) is 53.8 Å². The summed E-state index contributed by atoms with van der Waals surface area (Å²) in [6.45, 7) is 0.216. The molecule has 8 heteroatoms. The molecule has 0 aliphatic carbocycles. The van der Waals surface area contributed by atoms with Crippen LogP contribution in [0.2, 0.25) is 0 Å². The zero-order chi connectivity index (χ0) is 17.7. The van der Waals surface area contributed by atoms with Crippen LogP contribution in [0.15, 0.2) is 47.6 Å². The highest BCUT2D eigenvalue weighted by Gasteiger charge is 2.26. The molecule has 0 atom stereocenters. The number of ether oxygens (including phenoxy) is 2. The number of carbonyl (C=O) groups is 1. The first-order chi connectivity index (χ1) is 12.7. The number of nitrogens with one attached hydrogen (secondary N) is 1. The van der Waals surface area contributed by atoms with E-state index in [0.717, 1.165) is 22.2 Å². The van der Waals surface area contributed by atoms with E-state index in [4.69, 9.17) is 9.47 Å². The zero-order valence-electron chi connectivity index (χ0n) is 13.8. The van der Waals surface area contributed by atoms with E-state index in [9.17, 15) is 4.79 Å². The van der Waals surface area contributed by atoms with Crippen molar-refractivity contribution in [3.63, 3.8) is 0 Å². The third-order valence-electron chi connectivity index (χ3n) is 4.39. The lowest BCUT2D eigenvalue weighted by Gasteiger charge is -2.01. The number of carbonyl (C=O) groups excluding carboxylic acids is 1. The van der Waals surface area contributed by atoms with Crippen LogP contribution in [0.1, 0.15) is 11.3 Å². The number of aryl methyl sites for hydroxylation is 1. The second-order valence-electron chi connectivity index (χ2n) is 5.97. The van der Waals surface area contributed by atoms with Gasteiger partial charge in [0.25, 0.3) is 5.91 Å². The number of fused-ring (bicyclic) bond motifs is 2. The van der Waals surface area contributed by atoms with Gasteiger partial charge >= 0.3 is 0 Å². The fourth-order valence-corrected chi connectivity index (χ4v) is 3.16. The Balaban J connectivity index is 1.66. The van der Waals surface area contributed by atoms with Gasteiger partial charge in [0.1, 0.15) is 11.4 Å². The molecule has 2 aliphatic heterocycles. The number of hydrogen-bond acceptors (Lipinski definition) is 6. The highest BCUT2D eigenvalue weighted by molar-refractivity contribution is 6.32. The fraction of sp³-hybridized carbons (Fsp3) is 0.111. The lowest BCUT2D eigenvalue weighted by Crippen LogP contribution is -2.14. The number of hydrazone groups is 1. The van der Waals surface area contributed by atoms with Crippen molar-refractivity contribution in [1.82, 2.24) is 20.0 Å². The molecule has 0 saturated carbocycles. The number of rotatable bonds is 2. The number of benzene rings is 1. The van der Waals surface area contributed by atoms with Gasteiger partial charge in [0.2, 0.25) is 6.79 Å². The molecule has 0 fully saturated rings. The van der Waals surface area contributed by atoms with Crippen molar-refractivity contribution in [2.24, 2.45) is 12.1 Å². The van der Waals surface area contributed by atoms with E-state index >= 15 is 0 Å². The van der Waals surface area contributed by atoms with Gasteiger partial charge in [-0.3, -0.25) is 14.8 Å². The second kappa shape index (κ2) is 5.41. The molecule has 2 aromatic heterocycles. The Bertz CT molecular complexity index is 1110. The van der Waals surface area contributed by atoms with E-state index in [1.54, 1.807) is 24.7 Å². The third kappa shape index (κ3) is 2.16. The van der Waals surface area contributed by atoms with Crippen LogP contribution in [-0.4, -0.2) is 32.9 Å². The van der Waals surface area contributed by atoms with E-state index in [1.165, 1.54) is 0 Å². The number of amides is 1. The summed E-state index contributed by atoms with van der Waals surface area (Å²) in [5, 5.41) is 5.06. The SMILES string of the molecule is Cn1cc(/C=C2\C(=O)NN=C2c2cnccn2)c2cc3c(cc21)OCO3. The second-order valence-corrected chi connectivity index (χ2v) is 5.97. The van der Waals surface area contributed by atoms with Crippen molar-refractivity contribution in [1.29, 1.82) is 0 Å². The van der Waals surface area contributed by atoms with E-state index in [1.807, 2.05) is 29.9 Å². The molecule has 0 bridgehead atoms. The Morgan fingerprint density at radius 1 is 1.23 bits per heavy atom. The highest BCUT2D eigenvalue weighted by atomic mass is 16.7. The van der Waals surface area contributed by atoms with Crippen LogP contribution in [0.25, 0.3) is 17.0 Å². The summed E-state index contributed by atoms with van der Waals surface area (Å²) < 4.78 is 12.9. The minimum atomic E-state index is -0.275. The van der Waals surface area contributed by atoms with Gasteiger partial charge in [-0.15, -0.1) is 0 Å². The van der Waals surface area contributed by atoms with Gasteiger partial charge in [0.05, 0.1) is 17.3 Å². The molecule has 2 aliphatic rings. The van der Waals surface area contributed by atoms with Gasteiger partial charge in [0.15, 0.2) is 11.5 Å². The minimum Gasteiger partial charge on any atom is -0.454 e. The van der Waals surface area contributed by atoms with Crippen molar-refractivity contribution in [2.45, 2.75) is 0 Å². The Hall–Kier alpha value is -3.68. The average molecular weight is 347 g/mol. The number of nitrogens with zero attached hydrogens (tertiary/aromatic N) is 4. The highest BCUT2D eigenvalue weighted by Crippen LogP contribution is 2.38. The molecule has 128 valence electrons. The van der Waals surface area contributed by atoms with Gasteiger partial charge in [-0.1, -0.05) is 0 Å². The van der Waals surface area contributed by atoms with Crippen LogP contribution < -0.4 is 14.9 Å². The Labute approximate surface area is 147 Å². The van der Waals surface area contributed by atoms with E-state index < -0.39 is 0 Å². The average Bonchev–Trinajstić information content (AvgIpc) is 3.34.